The molecule has 1 heterocycles. The van der Waals surface area contributed by atoms with Gasteiger partial charge in [0.25, 0.3) is 0 Å². The highest BCUT2D eigenvalue weighted by molar-refractivity contribution is 5.26. The molecule has 0 amide bonds. The van der Waals surface area contributed by atoms with Crippen LogP contribution in [-0.2, 0) is 13.1 Å². The van der Waals surface area contributed by atoms with E-state index in [2.05, 4.69) is 15.6 Å². The summed E-state index contributed by atoms with van der Waals surface area (Å²) in [5, 5.41) is 11.6. The maximum absolute atomic E-state index is 13.2. The standard InChI is InChI=1S/C15H19FN4/c1-11-2-5-14(16)6-13(11)9-20-10-15(18-19-20)8-17-7-12-3-4-12/h2,5-6,10,12,17H,3-4,7-9H2,1H3. The average molecular weight is 274 g/mol. The Labute approximate surface area is 118 Å². The second kappa shape index (κ2) is 5.71. The molecule has 0 aliphatic heterocycles. The molecular formula is C15H19FN4. The van der Waals surface area contributed by atoms with Gasteiger partial charge in [0.05, 0.1) is 18.4 Å². The third-order valence-electron chi connectivity index (χ3n) is 3.67. The summed E-state index contributed by atoms with van der Waals surface area (Å²) in [6.07, 6.45) is 4.61. The van der Waals surface area contributed by atoms with Crippen molar-refractivity contribution in [3.8, 4) is 0 Å². The van der Waals surface area contributed by atoms with Crippen LogP contribution in [0.3, 0.4) is 0 Å². The van der Waals surface area contributed by atoms with Crippen LogP contribution in [0.4, 0.5) is 4.39 Å². The molecule has 1 aliphatic rings. The van der Waals surface area contributed by atoms with Gasteiger partial charge in [-0.2, -0.15) is 0 Å². The lowest BCUT2D eigenvalue weighted by Gasteiger charge is -2.05. The van der Waals surface area contributed by atoms with Gasteiger partial charge in [-0.25, -0.2) is 9.07 Å². The van der Waals surface area contributed by atoms with E-state index in [1.165, 1.54) is 18.9 Å². The minimum absolute atomic E-state index is 0.211. The topological polar surface area (TPSA) is 42.7 Å². The predicted octanol–water partition coefficient (Wildman–Crippen LogP) is 2.27. The van der Waals surface area contributed by atoms with Gasteiger partial charge in [-0.3, -0.25) is 0 Å². The van der Waals surface area contributed by atoms with E-state index >= 15 is 0 Å². The summed E-state index contributed by atoms with van der Waals surface area (Å²) in [6.45, 7) is 4.34. The number of nitrogens with one attached hydrogen (secondary N) is 1. The van der Waals surface area contributed by atoms with Crippen molar-refractivity contribution >= 4 is 0 Å². The Kier molecular flexibility index (Phi) is 3.78. The quantitative estimate of drug-likeness (QED) is 0.878. The van der Waals surface area contributed by atoms with Crippen LogP contribution in [0.5, 0.6) is 0 Å². The van der Waals surface area contributed by atoms with Crippen molar-refractivity contribution in [3.05, 3.63) is 47.0 Å². The third-order valence-corrected chi connectivity index (χ3v) is 3.67. The number of benzene rings is 1. The summed E-state index contributed by atoms with van der Waals surface area (Å²) in [6, 6.07) is 4.83. The summed E-state index contributed by atoms with van der Waals surface area (Å²) in [5.74, 6) is 0.650. The van der Waals surface area contributed by atoms with Gasteiger partial charge in [0.1, 0.15) is 5.82 Å². The highest BCUT2D eigenvalue weighted by Gasteiger charge is 2.20. The van der Waals surface area contributed by atoms with Crippen molar-refractivity contribution in [2.75, 3.05) is 6.54 Å². The predicted molar refractivity (Wildman–Crippen MR) is 74.7 cm³/mol. The highest BCUT2D eigenvalue weighted by Crippen LogP contribution is 2.27. The normalized spacial score (nSPS) is 14.7. The molecule has 0 radical (unpaired) electrons. The fourth-order valence-corrected chi connectivity index (χ4v) is 2.21. The van der Waals surface area contributed by atoms with Crippen LogP contribution in [0.1, 0.15) is 29.7 Å². The van der Waals surface area contributed by atoms with Gasteiger partial charge in [0.15, 0.2) is 0 Å². The summed E-state index contributed by atoms with van der Waals surface area (Å²) in [4.78, 5) is 0. The summed E-state index contributed by atoms with van der Waals surface area (Å²) in [7, 11) is 0. The number of aryl methyl sites for hydroxylation is 1. The maximum Gasteiger partial charge on any atom is 0.123 e. The molecule has 1 N–H and O–H groups in total. The Morgan fingerprint density at radius 1 is 1.40 bits per heavy atom. The summed E-state index contributed by atoms with van der Waals surface area (Å²) >= 11 is 0. The Bertz CT molecular complexity index is 589. The molecule has 2 aromatic rings. The molecule has 0 atom stereocenters. The zero-order chi connectivity index (χ0) is 13.9. The molecule has 1 aromatic heterocycles. The van der Waals surface area contributed by atoms with Gasteiger partial charge >= 0.3 is 0 Å². The fraction of sp³-hybridized carbons (Fsp3) is 0.467. The first kappa shape index (κ1) is 13.2. The van der Waals surface area contributed by atoms with Gasteiger partial charge in [0, 0.05) is 6.54 Å². The number of rotatable bonds is 6. The average Bonchev–Trinajstić information content (AvgIpc) is 3.14. The zero-order valence-electron chi connectivity index (χ0n) is 11.6. The number of halogens is 1. The molecule has 4 nitrogen and oxygen atoms in total. The van der Waals surface area contributed by atoms with Crippen LogP contribution in [0.25, 0.3) is 0 Å². The second-order valence-electron chi connectivity index (χ2n) is 5.55. The molecule has 20 heavy (non-hydrogen) atoms. The number of aromatic nitrogens is 3. The van der Waals surface area contributed by atoms with Crippen LogP contribution in [0.15, 0.2) is 24.4 Å². The van der Waals surface area contributed by atoms with E-state index in [0.29, 0.717) is 6.54 Å². The van der Waals surface area contributed by atoms with E-state index in [9.17, 15) is 4.39 Å². The van der Waals surface area contributed by atoms with E-state index < -0.39 is 0 Å². The molecule has 1 aliphatic carbocycles. The van der Waals surface area contributed by atoms with Gasteiger partial charge in [-0.15, -0.1) is 5.10 Å². The Balaban J connectivity index is 1.59. The lowest BCUT2D eigenvalue weighted by Crippen LogP contribution is -2.16. The Morgan fingerprint density at radius 2 is 2.25 bits per heavy atom. The second-order valence-corrected chi connectivity index (χ2v) is 5.55. The molecule has 1 aromatic carbocycles. The van der Waals surface area contributed by atoms with Crippen molar-refractivity contribution in [2.45, 2.75) is 32.9 Å². The van der Waals surface area contributed by atoms with Gasteiger partial charge in [-0.1, -0.05) is 11.3 Å². The molecular weight excluding hydrogens is 255 g/mol. The number of nitrogens with zero attached hydrogens (tertiary/aromatic N) is 3. The maximum atomic E-state index is 13.2. The van der Waals surface area contributed by atoms with Crippen molar-refractivity contribution in [2.24, 2.45) is 5.92 Å². The highest BCUT2D eigenvalue weighted by atomic mass is 19.1. The molecule has 0 saturated heterocycles. The van der Waals surface area contributed by atoms with E-state index in [-0.39, 0.29) is 5.82 Å². The molecule has 1 saturated carbocycles. The van der Waals surface area contributed by atoms with Gasteiger partial charge < -0.3 is 5.32 Å². The van der Waals surface area contributed by atoms with E-state index in [1.807, 2.05) is 13.1 Å². The summed E-state index contributed by atoms with van der Waals surface area (Å²) in [5.41, 5.74) is 2.93. The van der Waals surface area contributed by atoms with Crippen molar-refractivity contribution in [3.63, 3.8) is 0 Å². The van der Waals surface area contributed by atoms with Crippen LogP contribution in [-0.4, -0.2) is 21.5 Å². The lowest BCUT2D eigenvalue weighted by atomic mass is 10.1. The number of hydrogen-bond donors (Lipinski definition) is 1. The van der Waals surface area contributed by atoms with Crippen molar-refractivity contribution in [1.29, 1.82) is 0 Å². The first-order valence-electron chi connectivity index (χ1n) is 7.05. The van der Waals surface area contributed by atoms with Crippen LogP contribution in [0.2, 0.25) is 0 Å². The first-order chi connectivity index (χ1) is 9.70. The first-order valence-corrected chi connectivity index (χ1v) is 7.05. The molecule has 1 fully saturated rings. The van der Waals surface area contributed by atoms with Crippen molar-refractivity contribution in [1.82, 2.24) is 20.3 Å². The summed E-state index contributed by atoms with van der Waals surface area (Å²) < 4.78 is 15.0. The van der Waals surface area contributed by atoms with Gasteiger partial charge in [0.2, 0.25) is 0 Å². The molecule has 0 unspecified atom stereocenters. The molecule has 106 valence electrons. The largest absolute Gasteiger partial charge is 0.311 e. The Morgan fingerprint density at radius 3 is 3.05 bits per heavy atom. The van der Waals surface area contributed by atoms with Gasteiger partial charge in [-0.05, 0) is 55.5 Å². The minimum atomic E-state index is -0.211. The molecule has 0 bridgehead atoms. The molecule has 3 rings (SSSR count). The Hall–Kier alpha value is -1.75. The lowest BCUT2D eigenvalue weighted by molar-refractivity contribution is 0.611. The van der Waals surface area contributed by atoms with E-state index in [1.54, 1.807) is 16.8 Å². The monoisotopic (exact) mass is 274 g/mol. The van der Waals surface area contributed by atoms with Crippen molar-refractivity contribution < 1.29 is 4.39 Å². The van der Waals surface area contributed by atoms with Crippen LogP contribution in [0, 0.1) is 18.7 Å². The van der Waals surface area contributed by atoms with Crippen LogP contribution < -0.4 is 5.32 Å². The smallest absolute Gasteiger partial charge is 0.123 e. The molecule has 5 heteroatoms. The van der Waals surface area contributed by atoms with E-state index in [0.717, 1.165) is 35.8 Å². The SMILES string of the molecule is Cc1ccc(F)cc1Cn1cc(CNCC2CC2)nn1. The minimum Gasteiger partial charge on any atom is -0.311 e. The van der Waals surface area contributed by atoms with E-state index in [4.69, 9.17) is 0 Å². The fourth-order valence-electron chi connectivity index (χ4n) is 2.21. The van der Waals surface area contributed by atoms with Crippen LogP contribution >= 0.6 is 0 Å². The zero-order valence-corrected chi connectivity index (χ0v) is 11.6. The third kappa shape index (κ3) is 3.42. The molecule has 0 spiro atoms. The number of hydrogen-bond acceptors (Lipinski definition) is 3.